The minimum Gasteiger partial charge on any atom is -0.497 e. The third-order valence-corrected chi connectivity index (χ3v) is 4.37. The summed E-state index contributed by atoms with van der Waals surface area (Å²) in [5.41, 5.74) is 3.62. The van der Waals surface area contributed by atoms with E-state index in [0.717, 1.165) is 9.13 Å². The second kappa shape index (κ2) is 10.0. The lowest BCUT2D eigenvalue weighted by molar-refractivity contribution is 0.0952. The molecule has 0 unspecified atom stereocenters. The van der Waals surface area contributed by atoms with E-state index in [4.69, 9.17) is 18.9 Å². The molecule has 1 amide bonds. The quantitative estimate of drug-likeness (QED) is 0.353. The molecule has 2 aromatic rings. The Morgan fingerprint density at radius 3 is 2.52 bits per heavy atom. The van der Waals surface area contributed by atoms with Gasteiger partial charge in [0.1, 0.15) is 11.5 Å². The van der Waals surface area contributed by atoms with Crippen molar-refractivity contribution in [1.29, 1.82) is 0 Å². The fourth-order valence-corrected chi connectivity index (χ4v) is 3.18. The molecule has 0 saturated carbocycles. The van der Waals surface area contributed by atoms with Crippen molar-refractivity contribution in [3.63, 3.8) is 0 Å². The SMILES string of the molecule is CCOc1cc(/C=N\NC(=O)c2ccc(OC)cc2OC)cc(I)c1OC. The van der Waals surface area contributed by atoms with Crippen LogP contribution in [0.3, 0.4) is 0 Å². The Morgan fingerprint density at radius 1 is 1.11 bits per heavy atom. The molecule has 0 radical (unpaired) electrons. The van der Waals surface area contributed by atoms with Crippen LogP contribution in [0, 0.1) is 3.57 Å². The molecule has 0 bridgehead atoms. The zero-order chi connectivity index (χ0) is 19.8. The van der Waals surface area contributed by atoms with Crippen molar-refractivity contribution in [2.45, 2.75) is 6.92 Å². The number of ether oxygens (including phenoxy) is 4. The van der Waals surface area contributed by atoms with Gasteiger partial charge in [0.05, 0.1) is 43.3 Å². The van der Waals surface area contributed by atoms with Crippen molar-refractivity contribution in [2.24, 2.45) is 5.10 Å². The average Bonchev–Trinajstić information content (AvgIpc) is 2.67. The summed E-state index contributed by atoms with van der Waals surface area (Å²) >= 11 is 2.16. The molecule has 0 heterocycles. The predicted molar refractivity (Wildman–Crippen MR) is 111 cm³/mol. The highest BCUT2D eigenvalue weighted by Gasteiger charge is 2.13. The highest BCUT2D eigenvalue weighted by Crippen LogP contribution is 2.33. The standard InChI is InChI=1S/C19H21IN2O5/c1-5-27-17-9-12(8-15(20)18(17)26-4)11-21-22-19(23)14-7-6-13(24-2)10-16(14)25-3/h6-11H,5H2,1-4H3,(H,22,23)/b21-11-. The Bertz CT molecular complexity index is 839. The van der Waals surface area contributed by atoms with Crippen molar-refractivity contribution in [1.82, 2.24) is 5.43 Å². The van der Waals surface area contributed by atoms with Crippen LogP contribution in [0.2, 0.25) is 0 Å². The van der Waals surface area contributed by atoms with Gasteiger partial charge in [0.2, 0.25) is 0 Å². The van der Waals surface area contributed by atoms with Crippen LogP contribution in [0.15, 0.2) is 35.4 Å². The van der Waals surface area contributed by atoms with Crippen LogP contribution in [0.4, 0.5) is 0 Å². The monoisotopic (exact) mass is 484 g/mol. The lowest BCUT2D eigenvalue weighted by Crippen LogP contribution is -2.18. The molecule has 2 rings (SSSR count). The Hall–Kier alpha value is -2.49. The first-order valence-corrected chi connectivity index (χ1v) is 9.17. The summed E-state index contributed by atoms with van der Waals surface area (Å²) in [5.74, 6) is 1.90. The molecule has 144 valence electrons. The van der Waals surface area contributed by atoms with Gasteiger partial charge in [0.25, 0.3) is 5.91 Å². The number of nitrogens with zero attached hydrogens (tertiary/aromatic N) is 1. The number of hydrogen-bond acceptors (Lipinski definition) is 6. The number of hydrazone groups is 1. The molecular weight excluding hydrogens is 463 g/mol. The molecule has 0 atom stereocenters. The van der Waals surface area contributed by atoms with E-state index in [0.29, 0.717) is 35.2 Å². The van der Waals surface area contributed by atoms with Crippen molar-refractivity contribution >= 4 is 34.7 Å². The molecule has 1 N–H and O–H groups in total. The number of hydrogen-bond donors (Lipinski definition) is 1. The molecule has 7 nitrogen and oxygen atoms in total. The lowest BCUT2D eigenvalue weighted by atomic mass is 10.2. The first-order valence-electron chi connectivity index (χ1n) is 8.09. The largest absolute Gasteiger partial charge is 0.497 e. The zero-order valence-electron chi connectivity index (χ0n) is 15.5. The van der Waals surface area contributed by atoms with Crippen LogP contribution in [0.1, 0.15) is 22.8 Å². The topological polar surface area (TPSA) is 78.4 Å². The van der Waals surface area contributed by atoms with Crippen molar-refractivity contribution in [3.05, 3.63) is 45.0 Å². The summed E-state index contributed by atoms with van der Waals surface area (Å²) < 4.78 is 22.2. The van der Waals surface area contributed by atoms with Crippen LogP contribution >= 0.6 is 22.6 Å². The molecule has 2 aromatic carbocycles. The first-order chi connectivity index (χ1) is 13.0. The maximum atomic E-state index is 12.4. The Labute approximate surface area is 171 Å². The fourth-order valence-electron chi connectivity index (χ4n) is 2.34. The van der Waals surface area contributed by atoms with Crippen LogP contribution < -0.4 is 24.4 Å². The number of methoxy groups -OCH3 is 3. The van der Waals surface area contributed by atoms with Crippen LogP contribution in [-0.2, 0) is 0 Å². The van der Waals surface area contributed by atoms with E-state index in [9.17, 15) is 4.79 Å². The maximum Gasteiger partial charge on any atom is 0.275 e. The minimum absolute atomic E-state index is 0.356. The van der Waals surface area contributed by atoms with Crippen molar-refractivity contribution in [2.75, 3.05) is 27.9 Å². The van der Waals surface area contributed by atoms with E-state index in [1.54, 1.807) is 38.5 Å². The van der Waals surface area contributed by atoms with Crippen LogP contribution in [0.5, 0.6) is 23.0 Å². The summed E-state index contributed by atoms with van der Waals surface area (Å²) in [4.78, 5) is 12.4. The van der Waals surface area contributed by atoms with E-state index >= 15 is 0 Å². The van der Waals surface area contributed by atoms with E-state index < -0.39 is 0 Å². The molecule has 0 spiro atoms. The highest BCUT2D eigenvalue weighted by atomic mass is 127. The number of amides is 1. The maximum absolute atomic E-state index is 12.4. The summed E-state index contributed by atoms with van der Waals surface area (Å²) in [5, 5.41) is 4.02. The highest BCUT2D eigenvalue weighted by molar-refractivity contribution is 14.1. The fraction of sp³-hybridized carbons (Fsp3) is 0.263. The number of halogens is 1. The Morgan fingerprint density at radius 2 is 1.89 bits per heavy atom. The molecule has 27 heavy (non-hydrogen) atoms. The second-order valence-corrected chi connectivity index (χ2v) is 6.39. The van der Waals surface area contributed by atoms with Gasteiger partial charge in [-0.15, -0.1) is 0 Å². The zero-order valence-corrected chi connectivity index (χ0v) is 17.7. The van der Waals surface area contributed by atoms with E-state index in [-0.39, 0.29) is 5.91 Å². The molecule has 0 fully saturated rings. The predicted octanol–water partition coefficient (Wildman–Crippen LogP) is 3.48. The number of carbonyl (C=O) groups excluding carboxylic acids is 1. The van der Waals surface area contributed by atoms with Gasteiger partial charge in [-0.3, -0.25) is 4.79 Å². The Balaban J connectivity index is 2.16. The van der Waals surface area contributed by atoms with E-state index in [2.05, 4.69) is 33.1 Å². The summed E-state index contributed by atoms with van der Waals surface area (Å²) in [6, 6.07) is 8.62. The van der Waals surface area contributed by atoms with Gasteiger partial charge in [-0.05, 0) is 59.3 Å². The molecule has 0 aliphatic rings. The van der Waals surface area contributed by atoms with Crippen molar-refractivity contribution in [3.8, 4) is 23.0 Å². The van der Waals surface area contributed by atoms with Gasteiger partial charge < -0.3 is 18.9 Å². The molecule has 0 aliphatic heterocycles. The smallest absolute Gasteiger partial charge is 0.275 e. The second-order valence-electron chi connectivity index (χ2n) is 5.23. The van der Waals surface area contributed by atoms with Gasteiger partial charge in [-0.25, -0.2) is 5.43 Å². The normalized spacial score (nSPS) is 10.6. The molecular formula is C19H21IN2O5. The van der Waals surface area contributed by atoms with Crippen LogP contribution in [0.25, 0.3) is 0 Å². The number of benzene rings is 2. The minimum atomic E-state index is -0.390. The lowest BCUT2D eigenvalue weighted by Gasteiger charge is -2.12. The third-order valence-electron chi connectivity index (χ3n) is 3.57. The van der Waals surface area contributed by atoms with E-state index in [1.165, 1.54) is 13.3 Å². The van der Waals surface area contributed by atoms with Gasteiger partial charge in [-0.1, -0.05) is 0 Å². The number of nitrogens with one attached hydrogen (secondary N) is 1. The average molecular weight is 484 g/mol. The Kier molecular flexibility index (Phi) is 7.71. The number of carbonyl (C=O) groups is 1. The summed E-state index contributed by atoms with van der Waals surface area (Å²) in [7, 11) is 4.63. The number of rotatable bonds is 8. The van der Waals surface area contributed by atoms with E-state index in [1.807, 2.05) is 13.0 Å². The molecule has 0 aromatic heterocycles. The molecule has 8 heteroatoms. The summed E-state index contributed by atoms with van der Waals surface area (Å²) in [6.45, 7) is 2.41. The molecule has 0 saturated heterocycles. The molecule has 0 aliphatic carbocycles. The van der Waals surface area contributed by atoms with Crippen molar-refractivity contribution < 1.29 is 23.7 Å². The first kappa shape index (κ1) is 20.8. The summed E-state index contributed by atoms with van der Waals surface area (Å²) in [6.07, 6.45) is 1.54. The van der Waals surface area contributed by atoms with Crippen LogP contribution in [-0.4, -0.2) is 40.1 Å². The van der Waals surface area contributed by atoms with Gasteiger partial charge in [0.15, 0.2) is 11.5 Å². The van der Waals surface area contributed by atoms with Gasteiger partial charge in [-0.2, -0.15) is 5.10 Å². The van der Waals surface area contributed by atoms with Gasteiger partial charge in [0, 0.05) is 6.07 Å². The van der Waals surface area contributed by atoms with Gasteiger partial charge >= 0.3 is 0 Å². The third kappa shape index (κ3) is 5.25.